The first-order chi connectivity index (χ1) is 6.43. The van der Waals surface area contributed by atoms with E-state index in [1.807, 2.05) is 0 Å². The fourth-order valence-electron chi connectivity index (χ4n) is 1.19. The molecular weight excluding hydrogens is 206 g/mol. The van der Waals surface area contributed by atoms with Crippen LogP contribution in [-0.2, 0) is 0 Å². The lowest BCUT2D eigenvalue weighted by Crippen LogP contribution is -1.98. The summed E-state index contributed by atoms with van der Waals surface area (Å²) in [6.07, 6.45) is 0. The van der Waals surface area contributed by atoms with E-state index >= 15 is 0 Å². The predicted molar refractivity (Wildman–Crippen MR) is 52.8 cm³/mol. The minimum atomic E-state index is -0.570. The Labute approximate surface area is 85.6 Å². The molecule has 0 unspecified atom stereocenters. The lowest BCUT2D eigenvalue weighted by atomic mass is 10.1. The van der Waals surface area contributed by atoms with E-state index in [1.165, 1.54) is 19.1 Å². The Morgan fingerprint density at radius 3 is 2.50 bits per heavy atom. The monoisotopic (exact) mass is 213 g/mol. The molecule has 0 radical (unpaired) electrons. The van der Waals surface area contributed by atoms with E-state index in [4.69, 9.17) is 11.6 Å². The van der Waals surface area contributed by atoms with Gasteiger partial charge in [-0.3, -0.25) is 14.9 Å². The third-order valence-corrected chi connectivity index (χ3v) is 2.17. The van der Waals surface area contributed by atoms with Crippen LogP contribution in [-0.4, -0.2) is 10.7 Å². The van der Waals surface area contributed by atoms with Crippen LogP contribution in [0, 0.1) is 17.0 Å². The van der Waals surface area contributed by atoms with E-state index in [2.05, 4.69) is 0 Å². The zero-order valence-electron chi connectivity index (χ0n) is 7.70. The largest absolute Gasteiger partial charge is 0.295 e. The molecule has 4 nitrogen and oxygen atoms in total. The number of nitrogens with zero attached hydrogens (tertiary/aromatic N) is 1. The smallest absolute Gasteiger partial charge is 0.288 e. The van der Waals surface area contributed by atoms with Crippen molar-refractivity contribution in [2.45, 2.75) is 13.8 Å². The van der Waals surface area contributed by atoms with Crippen LogP contribution in [0.15, 0.2) is 12.1 Å². The standard InChI is InChI=1S/C9H8ClNO3/c1-5-3-9(11(13)14)8(10)4-7(5)6(2)12/h3-4H,1-2H3. The Hall–Kier alpha value is -1.42. The molecule has 0 atom stereocenters. The summed E-state index contributed by atoms with van der Waals surface area (Å²) < 4.78 is 0. The quantitative estimate of drug-likeness (QED) is 0.431. The molecular formula is C9H8ClNO3. The zero-order valence-corrected chi connectivity index (χ0v) is 8.46. The highest BCUT2D eigenvalue weighted by atomic mass is 35.5. The van der Waals surface area contributed by atoms with Gasteiger partial charge in [0.2, 0.25) is 0 Å². The molecule has 0 heterocycles. The molecule has 0 aliphatic heterocycles. The van der Waals surface area contributed by atoms with Crippen molar-refractivity contribution in [3.63, 3.8) is 0 Å². The third-order valence-electron chi connectivity index (χ3n) is 1.87. The normalized spacial score (nSPS) is 9.93. The molecule has 1 rings (SSSR count). The number of benzene rings is 1. The van der Waals surface area contributed by atoms with Crippen molar-refractivity contribution >= 4 is 23.1 Å². The first-order valence-electron chi connectivity index (χ1n) is 3.89. The number of carbonyl (C=O) groups is 1. The topological polar surface area (TPSA) is 60.2 Å². The van der Waals surface area contributed by atoms with Crippen LogP contribution < -0.4 is 0 Å². The van der Waals surface area contributed by atoms with Gasteiger partial charge < -0.3 is 0 Å². The van der Waals surface area contributed by atoms with Gasteiger partial charge in [0.1, 0.15) is 5.02 Å². The molecule has 5 heteroatoms. The molecule has 0 aromatic heterocycles. The summed E-state index contributed by atoms with van der Waals surface area (Å²) in [7, 11) is 0. The SMILES string of the molecule is CC(=O)c1cc(Cl)c([N+](=O)[O-])cc1C. The number of hydrogen-bond donors (Lipinski definition) is 0. The van der Waals surface area contributed by atoms with Gasteiger partial charge >= 0.3 is 0 Å². The van der Waals surface area contributed by atoms with Crippen LogP contribution in [0.25, 0.3) is 0 Å². The molecule has 0 N–H and O–H groups in total. The van der Waals surface area contributed by atoms with Crippen molar-refractivity contribution in [2.24, 2.45) is 0 Å². The number of nitro groups is 1. The van der Waals surface area contributed by atoms with Gasteiger partial charge in [-0.05, 0) is 25.5 Å². The Kier molecular flexibility index (Phi) is 2.86. The summed E-state index contributed by atoms with van der Waals surface area (Å²) in [5.41, 5.74) is 0.809. The maximum Gasteiger partial charge on any atom is 0.288 e. The number of hydrogen-bond acceptors (Lipinski definition) is 3. The van der Waals surface area contributed by atoms with E-state index in [0.717, 1.165) is 0 Å². The molecule has 74 valence electrons. The van der Waals surface area contributed by atoms with Gasteiger partial charge in [0, 0.05) is 11.6 Å². The molecule has 0 amide bonds. The van der Waals surface area contributed by atoms with E-state index in [1.54, 1.807) is 6.92 Å². The highest BCUT2D eigenvalue weighted by molar-refractivity contribution is 6.33. The Morgan fingerprint density at radius 1 is 1.50 bits per heavy atom. The lowest BCUT2D eigenvalue weighted by molar-refractivity contribution is -0.384. The van der Waals surface area contributed by atoms with Crippen molar-refractivity contribution < 1.29 is 9.72 Å². The second-order valence-corrected chi connectivity index (χ2v) is 3.34. The lowest BCUT2D eigenvalue weighted by Gasteiger charge is -2.02. The van der Waals surface area contributed by atoms with Crippen molar-refractivity contribution in [2.75, 3.05) is 0 Å². The molecule has 0 aliphatic rings. The van der Waals surface area contributed by atoms with Gasteiger partial charge in [0.05, 0.1) is 4.92 Å². The summed E-state index contributed by atoms with van der Waals surface area (Å²) in [5, 5.41) is 10.5. The third kappa shape index (κ3) is 1.90. The number of halogens is 1. The van der Waals surface area contributed by atoms with Crippen molar-refractivity contribution in [3.05, 3.63) is 38.4 Å². The summed E-state index contributed by atoms with van der Waals surface area (Å²) in [6.45, 7) is 3.03. The first kappa shape index (κ1) is 10.7. The average molecular weight is 214 g/mol. The molecule has 0 fully saturated rings. The van der Waals surface area contributed by atoms with Gasteiger partial charge in [-0.25, -0.2) is 0 Å². The van der Waals surface area contributed by atoms with Crippen molar-refractivity contribution in [3.8, 4) is 0 Å². The van der Waals surface area contributed by atoms with E-state index < -0.39 is 4.92 Å². The van der Waals surface area contributed by atoms with Crippen LogP contribution in [0.3, 0.4) is 0 Å². The second kappa shape index (κ2) is 3.75. The summed E-state index contributed by atoms with van der Waals surface area (Å²) in [5.74, 6) is -0.153. The molecule has 0 spiro atoms. The fourth-order valence-corrected chi connectivity index (χ4v) is 1.42. The molecule has 0 saturated carbocycles. The number of aryl methyl sites for hydroxylation is 1. The Balaban J connectivity index is 3.38. The number of nitro benzene ring substituents is 1. The summed E-state index contributed by atoms with van der Waals surface area (Å²) in [4.78, 5) is 21.0. The Morgan fingerprint density at radius 2 is 2.07 bits per heavy atom. The predicted octanol–water partition coefficient (Wildman–Crippen LogP) is 2.76. The van der Waals surface area contributed by atoms with E-state index in [9.17, 15) is 14.9 Å². The van der Waals surface area contributed by atoms with Crippen LogP contribution in [0.1, 0.15) is 22.8 Å². The average Bonchev–Trinajstić information content (AvgIpc) is 2.07. The van der Waals surface area contributed by atoms with Crippen LogP contribution in [0.2, 0.25) is 5.02 Å². The van der Waals surface area contributed by atoms with Gasteiger partial charge in [-0.1, -0.05) is 11.6 Å². The molecule has 0 saturated heterocycles. The van der Waals surface area contributed by atoms with Gasteiger partial charge in [0.15, 0.2) is 5.78 Å². The van der Waals surface area contributed by atoms with Crippen molar-refractivity contribution in [1.82, 2.24) is 0 Å². The molecule has 0 aliphatic carbocycles. The molecule has 0 bridgehead atoms. The van der Waals surface area contributed by atoms with Crippen LogP contribution in [0.5, 0.6) is 0 Å². The second-order valence-electron chi connectivity index (χ2n) is 2.93. The number of ketones is 1. The summed E-state index contributed by atoms with van der Waals surface area (Å²) >= 11 is 5.65. The summed E-state index contributed by atoms with van der Waals surface area (Å²) in [6, 6.07) is 2.64. The van der Waals surface area contributed by atoms with Crippen molar-refractivity contribution in [1.29, 1.82) is 0 Å². The number of rotatable bonds is 2. The van der Waals surface area contributed by atoms with E-state index in [-0.39, 0.29) is 16.5 Å². The van der Waals surface area contributed by atoms with E-state index in [0.29, 0.717) is 11.1 Å². The fraction of sp³-hybridized carbons (Fsp3) is 0.222. The first-order valence-corrected chi connectivity index (χ1v) is 4.26. The Bertz CT molecular complexity index is 375. The minimum Gasteiger partial charge on any atom is -0.295 e. The minimum absolute atomic E-state index is 0.00852. The number of Topliss-reactive ketones (excluding diaryl/α,β-unsaturated/α-hetero) is 1. The number of carbonyl (C=O) groups excluding carboxylic acids is 1. The van der Waals surface area contributed by atoms with Gasteiger partial charge in [-0.2, -0.15) is 0 Å². The molecule has 1 aromatic rings. The van der Waals surface area contributed by atoms with Gasteiger partial charge in [0.25, 0.3) is 5.69 Å². The van der Waals surface area contributed by atoms with Crippen LogP contribution in [0.4, 0.5) is 5.69 Å². The highest BCUT2D eigenvalue weighted by Crippen LogP contribution is 2.27. The molecule has 14 heavy (non-hydrogen) atoms. The maximum absolute atomic E-state index is 11.1. The molecule has 1 aromatic carbocycles. The van der Waals surface area contributed by atoms with Crippen LogP contribution >= 0.6 is 11.6 Å². The maximum atomic E-state index is 11.1. The van der Waals surface area contributed by atoms with Gasteiger partial charge in [-0.15, -0.1) is 0 Å². The zero-order chi connectivity index (χ0) is 10.9. The highest BCUT2D eigenvalue weighted by Gasteiger charge is 2.16.